The first kappa shape index (κ1) is 19.5. The van der Waals surface area contributed by atoms with E-state index < -0.39 is 0 Å². The zero-order chi connectivity index (χ0) is 19.8. The number of nitrogens with zero attached hydrogens (tertiary/aromatic N) is 5. The summed E-state index contributed by atoms with van der Waals surface area (Å²) in [4.78, 5) is 12.4. The van der Waals surface area contributed by atoms with E-state index in [4.69, 9.17) is 27.0 Å². The van der Waals surface area contributed by atoms with Crippen molar-refractivity contribution >= 4 is 28.7 Å². The van der Waals surface area contributed by atoms with Gasteiger partial charge in [0.2, 0.25) is 0 Å². The fraction of sp³-hybridized carbons (Fsp3) is 0.118. The zero-order valence-electron chi connectivity index (χ0n) is 14.9. The maximum Gasteiger partial charge on any atom is 0.170 e. The van der Waals surface area contributed by atoms with Crippen molar-refractivity contribution in [1.82, 2.24) is 15.0 Å². The monoisotopic (exact) mass is 368 g/mol. The van der Waals surface area contributed by atoms with E-state index in [2.05, 4.69) is 25.2 Å². The molecule has 140 valence electrons. The molecule has 7 N–H and O–H groups in total. The van der Waals surface area contributed by atoms with Crippen LogP contribution in [0, 0.1) is 0 Å². The first-order valence-corrected chi connectivity index (χ1v) is 7.72. The lowest BCUT2D eigenvalue weighted by atomic mass is 10.2. The molecule has 0 aliphatic carbocycles. The standard InChI is InChI=1S/C16H16N8O.CH4O/c1-25-12-7-10(17)4-5-11(12)23-24-13-14(18)21-16(22-15(13)19)9-3-2-6-20-8-9;1-2/h2-8H,17H2,1H3,(H4,18,19,21,22);2H,1H3. The smallest absolute Gasteiger partial charge is 0.170 e. The molecular formula is C17H20N8O2. The van der Waals surface area contributed by atoms with Crippen molar-refractivity contribution < 1.29 is 9.84 Å². The van der Waals surface area contributed by atoms with Gasteiger partial charge in [-0.3, -0.25) is 4.98 Å². The highest BCUT2D eigenvalue weighted by atomic mass is 16.5. The van der Waals surface area contributed by atoms with Crippen LogP contribution in [0.25, 0.3) is 11.4 Å². The number of nitrogen functional groups attached to an aromatic ring is 3. The van der Waals surface area contributed by atoms with Crippen LogP contribution in [0.3, 0.4) is 0 Å². The summed E-state index contributed by atoms with van der Waals surface area (Å²) in [6.45, 7) is 0. The molecule has 0 aliphatic rings. The van der Waals surface area contributed by atoms with Gasteiger partial charge in [-0.1, -0.05) is 0 Å². The SMILES string of the molecule is CO.COc1cc(N)ccc1N=Nc1c(N)nc(-c2cccnc2)nc1N. The lowest BCUT2D eigenvalue weighted by Crippen LogP contribution is -2.01. The van der Waals surface area contributed by atoms with Gasteiger partial charge >= 0.3 is 0 Å². The molecular weight excluding hydrogens is 348 g/mol. The van der Waals surface area contributed by atoms with Gasteiger partial charge in [-0.25, -0.2) is 9.97 Å². The van der Waals surface area contributed by atoms with Gasteiger partial charge in [0.1, 0.15) is 11.4 Å². The molecule has 10 heteroatoms. The van der Waals surface area contributed by atoms with Crippen molar-refractivity contribution in [2.45, 2.75) is 0 Å². The van der Waals surface area contributed by atoms with Gasteiger partial charge in [0, 0.05) is 36.8 Å². The molecule has 3 rings (SSSR count). The first-order valence-electron chi connectivity index (χ1n) is 7.72. The molecule has 0 bridgehead atoms. The first-order chi connectivity index (χ1) is 13.1. The Hall–Kier alpha value is -3.79. The minimum atomic E-state index is 0.115. The predicted molar refractivity (Wildman–Crippen MR) is 104 cm³/mol. The summed E-state index contributed by atoms with van der Waals surface area (Å²) in [5, 5.41) is 15.2. The molecule has 3 aromatic rings. The second kappa shape index (κ2) is 9.06. The van der Waals surface area contributed by atoms with Crippen LogP contribution in [-0.4, -0.2) is 34.3 Å². The topological polar surface area (TPSA) is 171 Å². The van der Waals surface area contributed by atoms with E-state index in [1.165, 1.54) is 7.11 Å². The quantitative estimate of drug-likeness (QED) is 0.401. The van der Waals surface area contributed by atoms with Crippen LogP contribution < -0.4 is 21.9 Å². The van der Waals surface area contributed by atoms with Gasteiger partial charge in [-0.05, 0) is 24.3 Å². The number of nitrogens with two attached hydrogens (primary N) is 3. The van der Waals surface area contributed by atoms with Crippen LogP contribution in [0.4, 0.5) is 28.7 Å². The molecule has 0 spiro atoms. The van der Waals surface area contributed by atoms with Crippen LogP contribution in [0.2, 0.25) is 0 Å². The molecule has 2 heterocycles. The number of rotatable bonds is 4. The van der Waals surface area contributed by atoms with E-state index in [-0.39, 0.29) is 17.3 Å². The summed E-state index contributed by atoms with van der Waals surface area (Å²) in [5.41, 5.74) is 19.6. The van der Waals surface area contributed by atoms with E-state index in [1.807, 2.05) is 6.07 Å². The third-order valence-corrected chi connectivity index (χ3v) is 3.32. The van der Waals surface area contributed by atoms with Crippen LogP contribution in [0.15, 0.2) is 53.0 Å². The number of aliphatic hydroxyl groups excluding tert-OH is 1. The van der Waals surface area contributed by atoms with Crippen molar-refractivity contribution in [1.29, 1.82) is 0 Å². The van der Waals surface area contributed by atoms with Crippen LogP contribution in [-0.2, 0) is 0 Å². The van der Waals surface area contributed by atoms with Crippen LogP contribution >= 0.6 is 0 Å². The summed E-state index contributed by atoms with van der Waals surface area (Å²) in [5.74, 6) is 1.08. The van der Waals surface area contributed by atoms with Gasteiger partial charge in [0.25, 0.3) is 0 Å². The van der Waals surface area contributed by atoms with E-state index in [0.717, 1.165) is 7.11 Å². The molecule has 0 fully saturated rings. The van der Waals surface area contributed by atoms with Crippen molar-refractivity contribution in [2.24, 2.45) is 10.2 Å². The summed E-state index contributed by atoms with van der Waals surface area (Å²) in [6, 6.07) is 8.58. The molecule has 0 radical (unpaired) electrons. The number of ether oxygens (including phenoxy) is 1. The Morgan fingerprint density at radius 2 is 1.70 bits per heavy atom. The molecule has 1 aromatic carbocycles. The molecule has 0 saturated heterocycles. The Morgan fingerprint density at radius 1 is 1.00 bits per heavy atom. The molecule has 0 aliphatic heterocycles. The Morgan fingerprint density at radius 3 is 2.30 bits per heavy atom. The number of benzene rings is 1. The van der Waals surface area contributed by atoms with Crippen molar-refractivity contribution in [2.75, 3.05) is 31.4 Å². The summed E-state index contributed by atoms with van der Waals surface area (Å²) in [6.07, 6.45) is 3.27. The number of aliphatic hydroxyl groups is 1. The minimum absolute atomic E-state index is 0.115. The molecule has 0 atom stereocenters. The number of hydrogen-bond donors (Lipinski definition) is 4. The van der Waals surface area contributed by atoms with Crippen LogP contribution in [0.1, 0.15) is 0 Å². The lowest BCUT2D eigenvalue weighted by Gasteiger charge is -2.07. The molecule has 0 saturated carbocycles. The van der Waals surface area contributed by atoms with Gasteiger partial charge in [-0.15, -0.1) is 10.2 Å². The number of pyridine rings is 1. The Bertz CT molecular complexity index is 908. The van der Waals surface area contributed by atoms with Crippen molar-refractivity contribution in [3.8, 4) is 17.1 Å². The highest BCUT2D eigenvalue weighted by Gasteiger charge is 2.12. The van der Waals surface area contributed by atoms with Crippen molar-refractivity contribution in [3.05, 3.63) is 42.7 Å². The van der Waals surface area contributed by atoms with E-state index >= 15 is 0 Å². The van der Waals surface area contributed by atoms with E-state index in [9.17, 15) is 0 Å². The minimum Gasteiger partial charge on any atom is -0.494 e. The van der Waals surface area contributed by atoms with Crippen molar-refractivity contribution in [3.63, 3.8) is 0 Å². The Kier molecular flexibility index (Phi) is 6.55. The third kappa shape index (κ3) is 4.64. The largest absolute Gasteiger partial charge is 0.494 e. The van der Waals surface area contributed by atoms with E-state index in [1.54, 1.807) is 36.7 Å². The number of hydrogen-bond acceptors (Lipinski definition) is 10. The normalized spacial score (nSPS) is 10.3. The molecule has 0 unspecified atom stereocenters. The molecule has 0 amide bonds. The highest BCUT2D eigenvalue weighted by molar-refractivity contribution is 5.73. The summed E-state index contributed by atoms with van der Waals surface area (Å²) < 4.78 is 5.22. The molecule has 2 aromatic heterocycles. The number of azo groups is 1. The maximum absolute atomic E-state index is 7.00. The molecule has 27 heavy (non-hydrogen) atoms. The average Bonchev–Trinajstić information content (AvgIpc) is 2.70. The predicted octanol–water partition coefficient (Wildman–Crippen LogP) is 2.32. The van der Waals surface area contributed by atoms with Crippen LogP contribution in [0.5, 0.6) is 5.75 Å². The second-order valence-electron chi connectivity index (χ2n) is 5.04. The van der Waals surface area contributed by atoms with Gasteiger partial charge in [0.05, 0.1) is 7.11 Å². The Balaban J connectivity index is 0.00000126. The zero-order valence-corrected chi connectivity index (χ0v) is 14.9. The Labute approximate surface area is 155 Å². The van der Waals surface area contributed by atoms with Gasteiger partial charge in [0.15, 0.2) is 23.1 Å². The average molecular weight is 368 g/mol. The maximum atomic E-state index is 7.00. The fourth-order valence-electron chi connectivity index (χ4n) is 2.10. The highest BCUT2D eigenvalue weighted by Crippen LogP contribution is 2.34. The lowest BCUT2D eigenvalue weighted by molar-refractivity contribution is 0.399. The number of methoxy groups -OCH3 is 1. The second-order valence-corrected chi connectivity index (χ2v) is 5.04. The molecule has 10 nitrogen and oxygen atoms in total. The summed E-state index contributed by atoms with van der Waals surface area (Å²) in [7, 11) is 2.52. The fourth-order valence-corrected chi connectivity index (χ4v) is 2.10. The van der Waals surface area contributed by atoms with E-state index in [0.29, 0.717) is 28.5 Å². The van der Waals surface area contributed by atoms with Gasteiger partial charge in [-0.2, -0.15) is 0 Å². The number of aromatic nitrogens is 3. The van der Waals surface area contributed by atoms with Gasteiger partial charge < -0.3 is 27.0 Å². The summed E-state index contributed by atoms with van der Waals surface area (Å²) >= 11 is 0. The number of anilines is 3. The third-order valence-electron chi connectivity index (χ3n) is 3.32.